The van der Waals surface area contributed by atoms with Crippen molar-refractivity contribution in [2.24, 2.45) is 0 Å². The van der Waals surface area contributed by atoms with Crippen molar-refractivity contribution in [2.75, 3.05) is 6.54 Å². The highest BCUT2D eigenvalue weighted by molar-refractivity contribution is 7.91. The Morgan fingerprint density at radius 3 is 2.67 bits per heavy atom. The summed E-state index contributed by atoms with van der Waals surface area (Å²) < 4.78 is 36.6. The van der Waals surface area contributed by atoms with Crippen molar-refractivity contribution in [3.8, 4) is 5.75 Å². The average molecular weight is 391 g/mol. The summed E-state index contributed by atoms with van der Waals surface area (Å²) in [6.07, 6.45) is 1.44. The molecule has 7 nitrogen and oxygen atoms in total. The second-order valence-corrected chi connectivity index (χ2v) is 9.30. The number of hydrogen-bond donors (Lipinski definition) is 1. The average Bonchev–Trinajstić information content (AvgIpc) is 3.28. The molecule has 2 aliphatic rings. The lowest BCUT2D eigenvalue weighted by Crippen LogP contribution is -2.53. The molecule has 2 atom stereocenters. The van der Waals surface area contributed by atoms with Crippen molar-refractivity contribution in [3.63, 3.8) is 0 Å². The van der Waals surface area contributed by atoms with E-state index < -0.39 is 27.6 Å². The lowest BCUT2D eigenvalue weighted by molar-refractivity contribution is -0.139. The lowest BCUT2D eigenvalue weighted by atomic mass is 9.85. The van der Waals surface area contributed by atoms with Crippen LogP contribution in [0, 0.1) is 0 Å². The van der Waals surface area contributed by atoms with Gasteiger partial charge in [-0.25, -0.2) is 8.42 Å². The normalized spacial score (nSPS) is 24.6. The summed E-state index contributed by atoms with van der Waals surface area (Å²) in [7, 11) is -3.84. The predicted molar refractivity (Wildman–Crippen MR) is 95.0 cm³/mol. The van der Waals surface area contributed by atoms with Crippen molar-refractivity contribution in [2.45, 2.75) is 54.4 Å². The molecule has 27 heavy (non-hydrogen) atoms. The Balaban J connectivity index is 1.85. The van der Waals surface area contributed by atoms with Crippen LogP contribution < -0.4 is 4.74 Å². The number of aliphatic hydroxyl groups excluding tert-OH is 1. The van der Waals surface area contributed by atoms with Crippen molar-refractivity contribution in [3.05, 3.63) is 42.2 Å². The summed E-state index contributed by atoms with van der Waals surface area (Å²) in [4.78, 5) is 14.0. The summed E-state index contributed by atoms with van der Waals surface area (Å²) in [5, 5.41) is 10.8. The van der Waals surface area contributed by atoms with E-state index in [2.05, 4.69) is 0 Å². The summed E-state index contributed by atoms with van der Waals surface area (Å²) >= 11 is 0. The van der Waals surface area contributed by atoms with E-state index in [0.717, 1.165) is 0 Å². The fraction of sp³-hybridized carbons (Fsp3) is 0.421. The number of aliphatic hydroxyl groups is 1. The van der Waals surface area contributed by atoms with Crippen molar-refractivity contribution >= 4 is 15.7 Å². The van der Waals surface area contributed by atoms with Gasteiger partial charge in [-0.05, 0) is 50.6 Å². The minimum Gasteiger partial charge on any atom is -0.485 e. The van der Waals surface area contributed by atoms with Gasteiger partial charge in [-0.1, -0.05) is 0 Å². The van der Waals surface area contributed by atoms with Crippen LogP contribution >= 0.6 is 0 Å². The van der Waals surface area contributed by atoms with E-state index >= 15 is 0 Å². The van der Waals surface area contributed by atoms with Gasteiger partial charge in [-0.2, -0.15) is 0 Å². The maximum absolute atomic E-state index is 12.8. The van der Waals surface area contributed by atoms with E-state index in [1.165, 1.54) is 30.5 Å². The van der Waals surface area contributed by atoms with E-state index in [0.29, 0.717) is 30.7 Å². The molecule has 0 radical (unpaired) electrons. The molecule has 4 rings (SSSR count). The smallest absolute Gasteiger partial charge is 0.239 e. The number of ether oxygens (including phenoxy) is 1. The summed E-state index contributed by atoms with van der Waals surface area (Å²) in [6, 6.07) is 6.73. The minimum absolute atomic E-state index is 0.0309. The monoisotopic (exact) mass is 391 g/mol. The molecular weight excluding hydrogens is 370 g/mol. The van der Waals surface area contributed by atoms with Crippen LogP contribution in [0.15, 0.2) is 51.0 Å². The first-order chi connectivity index (χ1) is 12.7. The maximum Gasteiger partial charge on any atom is 0.239 e. The van der Waals surface area contributed by atoms with Gasteiger partial charge < -0.3 is 19.2 Å². The molecule has 0 spiro atoms. The zero-order chi connectivity index (χ0) is 19.4. The first-order valence-corrected chi connectivity index (χ1v) is 10.3. The zero-order valence-electron chi connectivity index (χ0n) is 15.1. The first-order valence-electron chi connectivity index (χ1n) is 8.81. The van der Waals surface area contributed by atoms with E-state index in [1.54, 1.807) is 24.8 Å². The number of carbonyl (C=O) groups is 1. The van der Waals surface area contributed by atoms with Crippen molar-refractivity contribution in [1.82, 2.24) is 4.90 Å². The second kappa shape index (κ2) is 6.10. The molecule has 1 aromatic heterocycles. The quantitative estimate of drug-likeness (QED) is 0.862. The molecule has 3 heterocycles. The van der Waals surface area contributed by atoms with Gasteiger partial charge in [0.05, 0.1) is 17.2 Å². The predicted octanol–water partition coefficient (Wildman–Crippen LogP) is 2.31. The number of benzene rings is 1. The Kier molecular flexibility index (Phi) is 4.08. The standard InChI is InChI=1S/C19H21NO6S/c1-19(2)18(22)17(20-9-3-5-15(20)21)13-11-12(7-8-14(13)26-19)27(23,24)16-6-4-10-25-16/h4,6-8,10-11,17-18,22H,3,5,9H2,1-2H3. The molecule has 144 valence electrons. The van der Waals surface area contributed by atoms with Crippen LogP contribution in [0.4, 0.5) is 0 Å². The molecule has 0 bridgehead atoms. The number of fused-ring (bicyclic) bond motifs is 1. The Hall–Kier alpha value is -2.32. The third-order valence-corrected chi connectivity index (χ3v) is 6.84. The Bertz CT molecular complexity index is 980. The summed E-state index contributed by atoms with van der Waals surface area (Å²) in [6.45, 7) is 4.02. The molecule has 1 fully saturated rings. The van der Waals surface area contributed by atoms with Gasteiger partial charge in [0.1, 0.15) is 17.5 Å². The van der Waals surface area contributed by atoms with Crippen LogP contribution in [0.25, 0.3) is 0 Å². The van der Waals surface area contributed by atoms with Crippen LogP contribution in [-0.2, 0) is 14.6 Å². The summed E-state index contributed by atoms with van der Waals surface area (Å²) in [5.74, 6) is 0.412. The molecule has 8 heteroatoms. The molecule has 1 saturated heterocycles. The highest BCUT2D eigenvalue weighted by Gasteiger charge is 2.47. The number of nitrogens with zero attached hydrogens (tertiary/aromatic N) is 1. The Morgan fingerprint density at radius 2 is 2.04 bits per heavy atom. The van der Waals surface area contributed by atoms with E-state index in [1.807, 2.05) is 0 Å². The zero-order valence-corrected chi connectivity index (χ0v) is 15.9. The second-order valence-electron chi connectivity index (χ2n) is 7.42. The molecule has 2 aromatic rings. The van der Waals surface area contributed by atoms with E-state index in [4.69, 9.17) is 9.15 Å². The van der Waals surface area contributed by atoms with E-state index in [-0.39, 0.29) is 15.9 Å². The molecule has 1 aromatic carbocycles. The third-order valence-electron chi connectivity index (χ3n) is 5.20. The molecule has 0 aliphatic carbocycles. The highest BCUT2D eigenvalue weighted by Crippen LogP contribution is 2.45. The first kappa shape index (κ1) is 18.1. The molecule has 2 unspecified atom stereocenters. The van der Waals surface area contributed by atoms with Crippen molar-refractivity contribution in [1.29, 1.82) is 0 Å². The molecule has 2 aliphatic heterocycles. The highest BCUT2D eigenvalue weighted by atomic mass is 32.2. The summed E-state index contributed by atoms with van der Waals surface area (Å²) in [5.41, 5.74) is -0.424. The number of amides is 1. The molecule has 0 saturated carbocycles. The number of furan rings is 1. The van der Waals surface area contributed by atoms with Crippen LogP contribution in [0.2, 0.25) is 0 Å². The van der Waals surface area contributed by atoms with Gasteiger partial charge >= 0.3 is 0 Å². The SMILES string of the molecule is CC1(C)Oc2ccc(S(=O)(=O)c3ccco3)cc2C(N2CCCC2=O)C1O. The van der Waals surface area contributed by atoms with Gasteiger partial charge in [0, 0.05) is 18.5 Å². The minimum atomic E-state index is -3.84. The number of sulfone groups is 1. The maximum atomic E-state index is 12.8. The number of hydrogen-bond acceptors (Lipinski definition) is 6. The number of likely N-dealkylation sites (tertiary alicyclic amines) is 1. The van der Waals surface area contributed by atoms with Crippen molar-refractivity contribution < 1.29 is 27.5 Å². The van der Waals surface area contributed by atoms with Gasteiger partial charge in [0.15, 0.2) is 0 Å². The fourth-order valence-corrected chi connectivity index (χ4v) is 4.95. The van der Waals surface area contributed by atoms with Gasteiger partial charge in [0.25, 0.3) is 0 Å². The Morgan fingerprint density at radius 1 is 1.26 bits per heavy atom. The van der Waals surface area contributed by atoms with Crippen LogP contribution in [0.5, 0.6) is 5.75 Å². The van der Waals surface area contributed by atoms with Gasteiger partial charge in [-0.3, -0.25) is 4.79 Å². The van der Waals surface area contributed by atoms with Gasteiger partial charge in [0.2, 0.25) is 20.8 Å². The van der Waals surface area contributed by atoms with Crippen LogP contribution in [0.1, 0.15) is 38.3 Å². The molecule has 1 amide bonds. The Labute approximate surface area is 157 Å². The molecule has 1 N–H and O–H groups in total. The lowest BCUT2D eigenvalue weighted by Gasteiger charge is -2.45. The van der Waals surface area contributed by atoms with Gasteiger partial charge in [-0.15, -0.1) is 0 Å². The fourth-order valence-electron chi connectivity index (χ4n) is 3.75. The van der Waals surface area contributed by atoms with Crippen LogP contribution in [-0.4, -0.2) is 42.6 Å². The number of rotatable bonds is 3. The largest absolute Gasteiger partial charge is 0.485 e. The third kappa shape index (κ3) is 2.83. The van der Waals surface area contributed by atoms with E-state index in [9.17, 15) is 18.3 Å². The number of carbonyl (C=O) groups excluding carboxylic acids is 1. The topological polar surface area (TPSA) is 97.1 Å². The molecular formula is C19H21NO6S. The van der Waals surface area contributed by atoms with Crippen LogP contribution in [0.3, 0.4) is 0 Å².